The summed E-state index contributed by atoms with van der Waals surface area (Å²) in [5.74, 6) is -1.41. The van der Waals surface area contributed by atoms with Crippen molar-refractivity contribution < 1.29 is 27.9 Å². The molecule has 0 aliphatic heterocycles. The van der Waals surface area contributed by atoms with Crippen LogP contribution in [0.1, 0.15) is 15.9 Å². The van der Waals surface area contributed by atoms with Crippen molar-refractivity contribution in [3.8, 4) is 5.75 Å². The van der Waals surface area contributed by atoms with Gasteiger partial charge in [-0.3, -0.25) is 9.10 Å². The third-order valence-electron chi connectivity index (χ3n) is 4.63. The van der Waals surface area contributed by atoms with Crippen molar-refractivity contribution in [3.05, 3.63) is 88.9 Å². The SMILES string of the molecule is COc1ccc(S(=O)(=O)N(CC(=O)N/N=C\c2ccccc2C(=O)O)c2ccc(Cl)cc2)cc1. The molecule has 0 radical (unpaired) electrons. The summed E-state index contributed by atoms with van der Waals surface area (Å²) in [6, 6.07) is 17.8. The molecule has 0 aliphatic carbocycles. The summed E-state index contributed by atoms with van der Waals surface area (Å²) in [6.07, 6.45) is 1.17. The van der Waals surface area contributed by atoms with Gasteiger partial charge < -0.3 is 9.84 Å². The average molecular weight is 502 g/mol. The Bertz CT molecular complexity index is 1310. The predicted molar refractivity (Wildman–Crippen MR) is 128 cm³/mol. The number of rotatable bonds is 9. The molecule has 0 fully saturated rings. The summed E-state index contributed by atoms with van der Waals surface area (Å²) in [4.78, 5) is 23.8. The first-order chi connectivity index (χ1) is 16.2. The minimum absolute atomic E-state index is 0.00498. The van der Waals surface area contributed by atoms with E-state index in [4.69, 9.17) is 16.3 Å². The smallest absolute Gasteiger partial charge is 0.336 e. The molecule has 0 aromatic heterocycles. The monoisotopic (exact) mass is 501 g/mol. The van der Waals surface area contributed by atoms with E-state index in [1.807, 2.05) is 0 Å². The second-order valence-electron chi connectivity index (χ2n) is 6.85. The number of ether oxygens (including phenoxy) is 1. The predicted octanol–water partition coefficient (Wildman–Crippen LogP) is 3.39. The lowest BCUT2D eigenvalue weighted by molar-refractivity contribution is -0.119. The second kappa shape index (κ2) is 10.8. The van der Waals surface area contributed by atoms with Crippen LogP contribution in [-0.2, 0) is 14.8 Å². The Kier molecular flexibility index (Phi) is 7.87. The van der Waals surface area contributed by atoms with Gasteiger partial charge in [-0.25, -0.2) is 18.6 Å². The van der Waals surface area contributed by atoms with Crippen molar-refractivity contribution in [2.75, 3.05) is 18.0 Å². The number of carboxylic acid groups (broad SMARTS) is 1. The van der Waals surface area contributed by atoms with Crippen LogP contribution in [-0.4, -0.2) is 45.3 Å². The Morgan fingerprint density at radius 3 is 2.32 bits per heavy atom. The number of halogens is 1. The first-order valence-corrected chi connectivity index (χ1v) is 11.6. The Morgan fingerprint density at radius 2 is 1.71 bits per heavy atom. The van der Waals surface area contributed by atoms with Crippen LogP contribution in [0.2, 0.25) is 5.02 Å². The maximum atomic E-state index is 13.3. The van der Waals surface area contributed by atoms with Crippen molar-refractivity contribution in [2.45, 2.75) is 4.90 Å². The molecule has 34 heavy (non-hydrogen) atoms. The van der Waals surface area contributed by atoms with Gasteiger partial charge in [0.1, 0.15) is 12.3 Å². The van der Waals surface area contributed by atoms with Crippen molar-refractivity contribution in [1.29, 1.82) is 0 Å². The van der Waals surface area contributed by atoms with Crippen molar-refractivity contribution >= 4 is 45.4 Å². The molecule has 0 unspecified atom stereocenters. The molecular weight excluding hydrogens is 482 g/mol. The quantitative estimate of drug-likeness (QED) is 0.342. The van der Waals surface area contributed by atoms with Gasteiger partial charge in [0.25, 0.3) is 15.9 Å². The number of carboxylic acids is 1. The van der Waals surface area contributed by atoms with Crippen LogP contribution in [0.4, 0.5) is 5.69 Å². The van der Waals surface area contributed by atoms with Crippen LogP contribution in [0.3, 0.4) is 0 Å². The number of anilines is 1. The van der Waals surface area contributed by atoms with Gasteiger partial charge in [-0.15, -0.1) is 0 Å². The van der Waals surface area contributed by atoms with E-state index >= 15 is 0 Å². The lowest BCUT2D eigenvalue weighted by Gasteiger charge is -2.23. The Hall–Kier alpha value is -3.89. The molecule has 2 N–H and O–H groups in total. The average Bonchev–Trinajstić information content (AvgIpc) is 2.83. The summed E-state index contributed by atoms with van der Waals surface area (Å²) in [6.45, 7) is -0.589. The number of amides is 1. The number of carbonyl (C=O) groups is 2. The van der Waals surface area contributed by atoms with Crippen molar-refractivity contribution in [2.24, 2.45) is 5.10 Å². The fourth-order valence-corrected chi connectivity index (χ4v) is 4.49. The summed E-state index contributed by atoms with van der Waals surface area (Å²) in [5, 5.41) is 13.4. The van der Waals surface area contributed by atoms with Crippen LogP contribution in [0.15, 0.2) is 82.8 Å². The highest BCUT2D eigenvalue weighted by Crippen LogP contribution is 2.26. The number of carbonyl (C=O) groups excluding carboxylic acids is 1. The van der Waals surface area contributed by atoms with Crippen LogP contribution < -0.4 is 14.5 Å². The summed E-state index contributed by atoms with van der Waals surface area (Å²) >= 11 is 5.93. The van der Waals surface area contributed by atoms with Crippen LogP contribution >= 0.6 is 11.6 Å². The van der Waals surface area contributed by atoms with Gasteiger partial charge in [0.05, 0.1) is 29.5 Å². The number of aromatic carboxylic acids is 1. The molecule has 1 amide bonds. The molecule has 9 nitrogen and oxygen atoms in total. The molecular formula is C23H20ClN3O6S. The molecule has 0 aliphatic rings. The first-order valence-electron chi connectivity index (χ1n) is 9.79. The third kappa shape index (κ3) is 5.91. The number of sulfonamides is 1. The number of benzene rings is 3. The summed E-state index contributed by atoms with van der Waals surface area (Å²) < 4.78 is 32.7. The fourth-order valence-electron chi connectivity index (χ4n) is 2.94. The van der Waals surface area contributed by atoms with E-state index in [2.05, 4.69) is 10.5 Å². The van der Waals surface area contributed by atoms with Gasteiger partial charge >= 0.3 is 5.97 Å². The highest BCUT2D eigenvalue weighted by molar-refractivity contribution is 7.92. The van der Waals surface area contributed by atoms with E-state index in [1.165, 1.54) is 74.0 Å². The van der Waals surface area contributed by atoms with E-state index in [0.29, 0.717) is 10.8 Å². The zero-order chi connectivity index (χ0) is 24.7. The van der Waals surface area contributed by atoms with Gasteiger partial charge in [0.15, 0.2) is 0 Å². The minimum Gasteiger partial charge on any atom is -0.497 e. The third-order valence-corrected chi connectivity index (χ3v) is 6.67. The minimum atomic E-state index is -4.14. The van der Waals surface area contributed by atoms with Crippen LogP contribution in [0.25, 0.3) is 0 Å². The Labute approximate surface area is 201 Å². The van der Waals surface area contributed by atoms with Crippen LogP contribution in [0.5, 0.6) is 5.75 Å². The lowest BCUT2D eigenvalue weighted by atomic mass is 10.1. The highest BCUT2D eigenvalue weighted by atomic mass is 35.5. The maximum absolute atomic E-state index is 13.3. The standard InChI is InChI=1S/C23H20ClN3O6S/c1-33-19-10-12-20(13-11-19)34(31,32)27(18-8-6-17(24)7-9-18)15-22(28)26-25-14-16-4-2-3-5-21(16)23(29)30/h2-14H,15H2,1H3,(H,26,28)(H,29,30)/b25-14-. The van der Waals surface area contributed by atoms with Gasteiger partial charge in [-0.2, -0.15) is 5.10 Å². The van der Waals surface area contributed by atoms with Crippen molar-refractivity contribution in [3.63, 3.8) is 0 Å². The molecule has 0 spiro atoms. The molecule has 3 rings (SSSR count). The van der Waals surface area contributed by atoms with E-state index in [0.717, 1.165) is 4.31 Å². The molecule has 176 valence electrons. The number of hydrogen-bond donors (Lipinski definition) is 2. The van der Waals surface area contributed by atoms with Gasteiger partial charge in [-0.05, 0) is 54.6 Å². The normalized spacial score (nSPS) is 11.2. The number of nitrogens with one attached hydrogen (secondary N) is 1. The topological polar surface area (TPSA) is 125 Å². The maximum Gasteiger partial charge on any atom is 0.336 e. The van der Waals surface area contributed by atoms with Gasteiger partial charge in [-0.1, -0.05) is 29.8 Å². The van der Waals surface area contributed by atoms with E-state index in [9.17, 15) is 23.1 Å². The van der Waals surface area contributed by atoms with Crippen molar-refractivity contribution in [1.82, 2.24) is 5.43 Å². The first kappa shape index (κ1) is 24.7. The fraction of sp³-hybridized carbons (Fsp3) is 0.0870. The number of hydrazone groups is 1. The number of methoxy groups -OCH3 is 1. The molecule has 0 saturated heterocycles. The van der Waals surface area contributed by atoms with Gasteiger partial charge in [0.2, 0.25) is 0 Å². The summed E-state index contributed by atoms with van der Waals surface area (Å²) in [7, 11) is -2.68. The molecule has 0 atom stereocenters. The molecule has 3 aromatic rings. The Morgan fingerprint density at radius 1 is 1.06 bits per heavy atom. The van der Waals surface area contributed by atoms with E-state index in [1.54, 1.807) is 12.1 Å². The largest absolute Gasteiger partial charge is 0.497 e. The van der Waals surface area contributed by atoms with Gasteiger partial charge in [0, 0.05) is 10.6 Å². The van der Waals surface area contributed by atoms with Crippen LogP contribution in [0, 0.1) is 0 Å². The lowest BCUT2D eigenvalue weighted by Crippen LogP contribution is -2.39. The number of nitrogens with zero attached hydrogens (tertiary/aromatic N) is 2. The molecule has 3 aromatic carbocycles. The Balaban J connectivity index is 1.85. The summed E-state index contributed by atoms with van der Waals surface area (Å²) in [5.41, 5.74) is 2.73. The highest BCUT2D eigenvalue weighted by Gasteiger charge is 2.27. The molecule has 11 heteroatoms. The number of hydrogen-bond acceptors (Lipinski definition) is 6. The van der Waals surface area contributed by atoms with E-state index in [-0.39, 0.29) is 21.7 Å². The second-order valence-corrected chi connectivity index (χ2v) is 9.15. The zero-order valence-electron chi connectivity index (χ0n) is 17.9. The molecule has 0 bridgehead atoms. The molecule has 0 saturated carbocycles. The molecule has 0 heterocycles. The van der Waals surface area contributed by atoms with E-state index < -0.39 is 28.4 Å². The zero-order valence-corrected chi connectivity index (χ0v) is 19.5.